The maximum atomic E-state index is 11.8. The zero-order chi connectivity index (χ0) is 12.4. The van der Waals surface area contributed by atoms with Crippen LogP contribution in [0.3, 0.4) is 0 Å². The highest BCUT2D eigenvalue weighted by Gasteiger charge is 2.22. The topological polar surface area (TPSA) is 89.2 Å². The monoisotopic (exact) mass is 272 g/mol. The highest BCUT2D eigenvalue weighted by atomic mass is 35.5. The molecule has 2 rings (SSSR count). The van der Waals surface area contributed by atoms with Crippen molar-refractivity contribution in [3.8, 4) is 0 Å². The number of carbonyl (C=O) groups is 2. The molecule has 1 aliphatic rings. The molecule has 0 saturated carbocycles. The van der Waals surface area contributed by atoms with E-state index in [1.165, 1.54) is 0 Å². The molecule has 100 valence electrons. The molecule has 2 heterocycles. The van der Waals surface area contributed by atoms with Crippen molar-refractivity contribution >= 4 is 29.9 Å². The Hall–Kier alpha value is -1.53. The lowest BCUT2D eigenvalue weighted by Crippen LogP contribution is -2.35. The Kier molecular flexibility index (Phi) is 4.75. The number of nitrogens with two attached hydrogens (primary N) is 1. The molecule has 7 heteroatoms. The van der Waals surface area contributed by atoms with Gasteiger partial charge in [0.15, 0.2) is 0 Å². The van der Waals surface area contributed by atoms with Crippen LogP contribution in [0.2, 0.25) is 0 Å². The molecular weight excluding hydrogens is 256 g/mol. The molecule has 1 aromatic heterocycles. The van der Waals surface area contributed by atoms with E-state index in [-0.39, 0.29) is 24.4 Å². The third-order valence-corrected chi connectivity index (χ3v) is 2.90. The smallest absolute Gasteiger partial charge is 0.265 e. The van der Waals surface area contributed by atoms with E-state index in [9.17, 15) is 9.59 Å². The number of nitrogens with zero attached hydrogens (tertiary/aromatic N) is 1. The van der Waals surface area contributed by atoms with Gasteiger partial charge in [-0.05, 0) is 25.5 Å². The molecule has 0 bridgehead atoms. The second kappa shape index (κ2) is 5.88. The number of nitrogens with one attached hydrogen (secondary N) is 2. The SMILES string of the molecule is Cl.Cn1cc(NC(=O)C2CCCN2)cc1C(N)=O. The van der Waals surface area contributed by atoms with Gasteiger partial charge in [-0.1, -0.05) is 0 Å². The molecule has 0 radical (unpaired) electrons. The molecule has 6 nitrogen and oxygen atoms in total. The maximum absolute atomic E-state index is 11.8. The first-order chi connectivity index (χ1) is 8.08. The summed E-state index contributed by atoms with van der Waals surface area (Å²) in [4.78, 5) is 22.9. The van der Waals surface area contributed by atoms with Crippen LogP contribution in [0.4, 0.5) is 5.69 Å². The minimum atomic E-state index is -0.507. The average Bonchev–Trinajstić information content (AvgIpc) is 2.86. The Bertz CT molecular complexity index is 452. The number of carbonyl (C=O) groups excluding carboxylic acids is 2. The fraction of sp³-hybridized carbons (Fsp3) is 0.455. The Morgan fingerprint density at radius 3 is 2.78 bits per heavy atom. The van der Waals surface area contributed by atoms with Crippen LogP contribution in [0.5, 0.6) is 0 Å². The summed E-state index contributed by atoms with van der Waals surface area (Å²) in [6.07, 6.45) is 3.54. The van der Waals surface area contributed by atoms with Crippen LogP contribution in [0, 0.1) is 0 Å². The number of anilines is 1. The molecular formula is C11H17ClN4O2. The number of aryl methyl sites for hydroxylation is 1. The van der Waals surface area contributed by atoms with Crippen molar-refractivity contribution in [1.82, 2.24) is 9.88 Å². The minimum Gasteiger partial charge on any atom is -0.364 e. The molecule has 18 heavy (non-hydrogen) atoms. The third-order valence-electron chi connectivity index (χ3n) is 2.90. The lowest BCUT2D eigenvalue weighted by molar-refractivity contribution is -0.117. The molecule has 1 fully saturated rings. The third kappa shape index (κ3) is 3.02. The van der Waals surface area contributed by atoms with Gasteiger partial charge in [0.1, 0.15) is 5.69 Å². The van der Waals surface area contributed by atoms with Crippen LogP contribution >= 0.6 is 12.4 Å². The summed E-state index contributed by atoms with van der Waals surface area (Å²) < 4.78 is 1.60. The lowest BCUT2D eigenvalue weighted by Gasteiger charge is -2.09. The highest BCUT2D eigenvalue weighted by molar-refractivity contribution is 5.97. The first-order valence-corrected chi connectivity index (χ1v) is 5.58. The number of amides is 2. The van der Waals surface area contributed by atoms with Gasteiger partial charge in [0.05, 0.1) is 11.7 Å². The largest absolute Gasteiger partial charge is 0.364 e. The van der Waals surface area contributed by atoms with Crippen molar-refractivity contribution in [3.05, 3.63) is 18.0 Å². The molecule has 4 N–H and O–H groups in total. The Balaban J connectivity index is 0.00000162. The predicted molar refractivity (Wildman–Crippen MR) is 70.8 cm³/mol. The van der Waals surface area contributed by atoms with Crippen LogP contribution in [0.25, 0.3) is 0 Å². The number of primary amides is 1. The fourth-order valence-electron chi connectivity index (χ4n) is 2.02. The summed E-state index contributed by atoms with van der Waals surface area (Å²) in [5.74, 6) is -0.573. The van der Waals surface area contributed by atoms with Crippen LogP contribution in [0.15, 0.2) is 12.3 Å². The van der Waals surface area contributed by atoms with Crippen molar-refractivity contribution in [2.75, 3.05) is 11.9 Å². The first-order valence-electron chi connectivity index (χ1n) is 5.58. The van der Waals surface area contributed by atoms with E-state index in [0.717, 1.165) is 19.4 Å². The quantitative estimate of drug-likeness (QED) is 0.736. The molecule has 0 aromatic carbocycles. The van der Waals surface area contributed by atoms with Crippen molar-refractivity contribution in [2.45, 2.75) is 18.9 Å². The van der Waals surface area contributed by atoms with Crippen molar-refractivity contribution in [1.29, 1.82) is 0 Å². The molecule has 1 saturated heterocycles. The Labute approximate surface area is 111 Å². The molecule has 1 unspecified atom stereocenters. The van der Waals surface area contributed by atoms with Crippen LogP contribution in [-0.2, 0) is 11.8 Å². The van der Waals surface area contributed by atoms with Crippen LogP contribution < -0.4 is 16.4 Å². The van der Waals surface area contributed by atoms with E-state index in [1.807, 2.05) is 0 Å². The van der Waals surface area contributed by atoms with Gasteiger partial charge in [0, 0.05) is 13.2 Å². The summed E-state index contributed by atoms with van der Waals surface area (Å²) in [6, 6.07) is 1.45. The fourth-order valence-corrected chi connectivity index (χ4v) is 2.02. The van der Waals surface area contributed by atoms with Gasteiger partial charge >= 0.3 is 0 Å². The molecule has 2 amide bonds. The number of hydrogen-bond acceptors (Lipinski definition) is 3. The maximum Gasteiger partial charge on any atom is 0.265 e. The second-order valence-electron chi connectivity index (χ2n) is 4.23. The standard InChI is InChI=1S/C11H16N4O2.ClH/c1-15-6-7(5-9(15)10(12)16)14-11(17)8-3-2-4-13-8;/h5-6,8,13H,2-4H2,1H3,(H2,12,16)(H,14,17);1H. The first kappa shape index (κ1) is 14.5. The highest BCUT2D eigenvalue weighted by Crippen LogP contribution is 2.14. The Morgan fingerprint density at radius 1 is 1.56 bits per heavy atom. The summed E-state index contributed by atoms with van der Waals surface area (Å²) >= 11 is 0. The van der Waals surface area contributed by atoms with Gasteiger partial charge in [-0.2, -0.15) is 0 Å². The van der Waals surface area contributed by atoms with Gasteiger partial charge in [-0.25, -0.2) is 0 Å². The van der Waals surface area contributed by atoms with E-state index in [1.54, 1.807) is 23.9 Å². The summed E-state index contributed by atoms with van der Waals surface area (Å²) in [5.41, 5.74) is 6.17. The average molecular weight is 273 g/mol. The number of halogens is 1. The lowest BCUT2D eigenvalue weighted by atomic mass is 10.2. The number of aromatic nitrogens is 1. The van der Waals surface area contributed by atoms with E-state index >= 15 is 0 Å². The number of rotatable bonds is 3. The molecule has 0 spiro atoms. The van der Waals surface area contributed by atoms with Gasteiger partial charge < -0.3 is 20.9 Å². The second-order valence-corrected chi connectivity index (χ2v) is 4.23. The zero-order valence-corrected chi connectivity index (χ0v) is 10.9. The van der Waals surface area contributed by atoms with Gasteiger partial charge in [0.2, 0.25) is 5.91 Å². The molecule has 1 atom stereocenters. The van der Waals surface area contributed by atoms with Crippen LogP contribution in [0.1, 0.15) is 23.3 Å². The number of hydrogen-bond donors (Lipinski definition) is 3. The minimum absolute atomic E-state index is 0. The van der Waals surface area contributed by atoms with E-state index in [2.05, 4.69) is 10.6 Å². The normalized spacial score (nSPS) is 18.2. The summed E-state index contributed by atoms with van der Waals surface area (Å²) in [6.45, 7) is 0.874. The molecule has 1 aromatic rings. The predicted octanol–water partition coefficient (Wildman–Crippen LogP) is 0.236. The zero-order valence-electron chi connectivity index (χ0n) is 10.1. The molecule has 1 aliphatic heterocycles. The van der Waals surface area contributed by atoms with Crippen LogP contribution in [-0.4, -0.2) is 29.0 Å². The van der Waals surface area contributed by atoms with E-state index in [4.69, 9.17) is 5.73 Å². The van der Waals surface area contributed by atoms with Crippen molar-refractivity contribution < 1.29 is 9.59 Å². The van der Waals surface area contributed by atoms with Gasteiger partial charge in [-0.3, -0.25) is 9.59 Å². The summed E-state index contributed by atoms with van der Waals surface area (Å²) in [7, 11) is 1.71. The van der Waals surface area contributed by atoms with Gasteiger partial charge in [0.25, 0.3) is 5.91 Å². The van der Waals surface area contributed by atoms with Crippen molar-refractivity contribution in [3.63, 3.8) is 0 Å². The summed E-state index contributed by atoms with van der Waals surface area (Å²) in [5, 5.41) is 5.88. The molecule has 0 aliphatic carbocycles. The van der Waals surface area contributed by atoms with Crippen molar-refractivity contribution in [2.24, 2.45) is 12.8 Å². The Morgan fingerprint density at radius 2 is 2.28 bits per heavy atom. The van der Waals surface area contributed by atoms with E-state index < -0.39 is 5.91 Å². The van der Waals surface area contributed by atoms with Gasteiger partial charge in [-0.15, -0.1) is 12.4 Å². The van der Waals surface area contributed by atoms with E-state index in [0.29, 0.717) is 11.4 Å².